The zero-order valence-corrected chi connectivity index (χ0v) is 16.8. The van der Waals surface area contributed by atoms with Crippen molar-refractivity contribution in [1.82, 2.24) is 15.6 Å². The van der Waals surface area contributed by atoms with Crippen molar-refractivity contribution in [2.24, 2.45) is 4.99 Å². The Morgan fingerprint density at radius 3 is 2.65 bits per heavy atom. The third-order valence-corrected chi connectivity index (χ3v) is 2.80. The lowest BCUT2D eigenvalue weighted by molar-refractivity contribution is 0.145. The Balaban J connectivity index is 0.00000484. The molecule has 0 amide bonds. The predicted molar refractivity (Wildman–Crippen MR) is 105 cm³/mol. The van der Waals surface area contributed by atoms with Gasteiger partial charge in [-0.2, -0.15) is 0 Å². The standard InChI is InChI=1S/C16H28N4O2.HI/c1-5-21-10-6-9-18-16(17-4)20-12-14-7-8-15(19-11-14)22-13(2)3;/h7-8,11,13H,5-6,9-10,12H2,1-4H3,(H2,17,18,20);1H. The van der Waals surface area contributed by atoms with Gasteiger partial charge in [-0.05, 0) is 32.8 Å². The van der Waals surface area contributed by atoms with Crippen molar-refractivity contribution in [2.45, 2.75) is 39.8 Å². The molecule has 0 aliphatic carbocycles. The van der Waals surface area contributed by atoms with Crippen molar-refractivity contribution < 1.29 is 9.47 Å². The van der Waals surface area contributed by atoms with E-state index in [9.17, 15) is 0 Å². The third-order valence-electron chi connectivity index (χ3n) is 2.80. The molecule has 23 heavy (non-hydrogen) atoms. The Hall–Kier alpha value is -1.09. The molecule has 0 saturated carbocycles. The molecule has 0 aliphatic heterocycles. The molecule has 0 saturated heterocycles. The van der Waals surface area contributed by atoms with Crippen LogP contribution < -0.4 is 15.4 Å². The molecule has 1 aromatic heterocycles. The third kappa shape index (κ3) is 10.3. The van der Waals surface area contributed by atoms with Crippen molar-refractivity contribution in [3.8, 4) is 5.88 Å². The van der Waals surface area contributed by atoms with E-state index in [2.05, 4.69) is 20.6 Å². The first-order valence-corrected chi connectivity index (χ1v) is 7.79. The zero-order chi connectivity index (χ0) is 16.2. The molecule has 1 aromatic rings. The van der Waals surface area contributed by atoms with Gasteiger partial charge in [0.05, 0.1) is 6.10 Å². The summed E-state index contributed by atoms with van der Waals surface area (Å²) in [6.45, 7) is 8.99. The maximum absolute atomic E-state index is 5.52. The highest BCUT2D eigenvalue weighted by Crippen LogP contribution is 2.09. The summed E-state index contributed by atoms with van der Waals surface area (Å²) in [6.07, 6.45) is 2.90. The van der Waals surface area contributed by atoms with E-state index in [0.717, 1.165) is 37.7 Å². The van der Waals surface area contributed by atoms with E-state index in [-0.39, 0.29) is 30.1 Å². The number of ether oxygens (including phenoxy) is 2. The van der Waals surface area contributed by atoms with Gasteiger partial charge in [0.25, 0.3) is 0 Å². The normalized spacial score (nSPS) is 11.1. The van der Waals surface area contributed by atoms with Gasteiger partial charge in [-0.1, -0.05) is 6.07 Å². The summed E-state index contributed by atoms with van der Waals surface area (Å²) in [4.78, 5) is 8.47. The molecule has 0 aliphatic rings. The predicted octanol–water partition coefficient (Wildman–Crippen LogP) is 2.58. The Morgan fingerprint density at radius 2 is 2.09 bits per heavy atom. The van der Waals surface area contributed by atoms with Gasteiger partial charge in [-0.25, -0.2) is 4.98 Å². The van der Waals surface area contributed by atoms with Gasteiger partial charge in [-0.3, -0.25) is 4.99 Å². The molecule has 0 unspecified atom stereocenters. The van der Waals surface area contributed by atoms with Crippen LogP contribution in [-0.2, 0) is 11.3 Å². The monoisotopic (exact) mass is 436 g/mol. The molecule has 7 heteroatoms. The molecule has 0 aromatic carbocycles. The number of hydrogen-bond donors (Lipinski definition) is 2. The number of aliphatic imine (C=N–C) groups is 1. The largest absolute Gasteiger partial charge is 0.475 e. The van der Waals surface area contributed by atoms with Crippen LogP contribution in [0, 0.1) is 0 Å². The molecule has 132 valence electrons. The second-order valence-electron chi connectivity index (χ2n) is 5.07. The molecule has 0 spiro atoms. The lowest BCUT2D eigenvalue weighted by atomic mass is 10.3. The summed E-state index contributed by atoms with van der Waals surface area (Å²) in [5.41, 5.74) is 1.08. The molecule has 2 N–H and O–H groups in total. The average molecular weight is 436 g/mol. The van der Waals surface area contributed by atoms with E-state index >= 15 is 0 Å². The van der Waals surface area contributed by atoms with Gasteiger partial charge in [0, 0.05) is 45.6 Å². The summed E-state index contributed by atoms with van der Waals surface area (Å²) >= 11 is 0. The van der Waals surface area contributed by atoms with Gasteiger partial charge in [0.1, 0.15) is 0 Å². The fraction of sp³-hybridized carbons (Fsp3) is 0.625. The molecule has 0 bridgehead atoms. The van der Waals surface area contributed by atoms with Gasteiger partial charge in [-0.15, -0.1) is 24.0 Å². The van der Waals surface area contributed by atoms with E-state index in [1.165, 1.54) is 0 Å². The van der Waals surface area contributed by atoms with E-state index in [1.54, 1.807) is 7.05 Å². The number of pyridine rings is 1. The first-order chi connectivity index (χ1) is 10.7. The van der Waals surface area contributed by atoms with Crippen LogP contribution in [0.1, 0.15) is 32.8 Å². The molecular formula is C16H29IN4O2. The van der Waals surface area contributed by atoms with Crippen molar-refractivity contribution in [2.75, 3.05) is 26.8 Å². The van der Waals surface area contributed by atoms with Gasteiger partial charge in [0.15, 0.2) is 5.96 Å². The Morgan fingerprint density at radius 1 is 1.30 bits per heavy atom. The molecular weight excluding hydrogens is 407 g/mol. The number of hydrogen-bond acceptors (Lipinski definition) is 4. The van der Waals surface area contributed by atoms with Crippen LogP contribution in [0.2, 0.25) is 0 Å². The van der Waals surface area contributed by atoms with Crippen LogP contribution >= 0.6 is 24.0 Å². The number of halogens is 1. The molecule has 0 fully saturated rings. The van der Waals surface area contributed by atoms with Crippen LogP contribution in [0.15, 0.2) is 23.3 Å². The van der Waals surface area contributed by atoms with Crippen molar-refractivity contribution in [1.29, 1.82) is 0 Å². The van der Waals surface area contributed by atoms with E-state index in [1.807, 2.05) is 39.1 Å². The maximum Gasteiger partial charge on any atom is 0.213 e. The summed E-state index contributed by atoms with van der Waals surface area (Å²) in [7, 11) is 1.76. The Kier molecular flexibility index (Phi) is 12.7. The van der Waals surface area contributed by atoms with Gasteiger partial charge in [0.2, 0.25) is 5.88 Å². The van der Waals surface area contributed by atoms with Crippen LogP contribution in [0.3, 0.4) is 0 Å². The first-order valence-electron chi connectivity index (χ1n) is 7.79. The van der Waals surface area contributed by atoms with Crippen LogP contribution in [0.25, 0.3) is 0 Å². The minimum Gasteiger partial charge on any atom is -0.475 e. The summed E-state index contributed by atoms with van der Waals surface area (Å²) in [6, 6.07) is 3.88. The number of aromatic nitrogens is 1. The van der Waals surface area contributed by atoms with Gasteiger partial charge < -0.3 is 20.1 Å². The SMILES string of the molecule is CCOCCCNC(=NC)NCc1ccc(OC(C)C)nc1.I. The molecule has 6 nitrogen and oxygen atoms in total. The topological polar surface area (TPSA) is 67.8 Å². The number of nitrogens with zero attached hydrogens (tertiary/aromatic N) is 2. The highest BCUT2D eigenvalue weighted by molar-refractivity contribution is 14.0. The number of guanidine groups is 1. The van der Waals surface area contributed by atoms with Crippen molar-refractivity contribution in [3.63, 3.8) is 0 Å². The Labute approximate surface area is 156 Å². The summed E-state index contributed by atoms with van der Waals surface area (Å²) in [5, 5.41) is 6.50. The summed E-state index contributed by atoms with van der Waals surface area (Å²) in [5.74, 6) is 1.43. The lowest BCUT2D eigenvalue weighted by Crippen LogP contribution is -2.37. The fourth-order valence-electron chi connectivity index (χ4n) is 1.76. The molecule has 0 radical (unpaired) electrons. The van der Waals surface area contributed by atoms with Crippen LogP contribution in [0.5, 0.6) is 5.88 Å². The lowest BCUT2D eigenvalue weighted by Gasteiger charge is -2.12. The highest BCUT2D eigenvalue weighted by atomic mass is 127. The number of rotatable bonds is 9. The average Bonchev–Trinajstić information content (AvgIpc) is 2.51. The quantitative estimate of drug-likeness (QED) is 0.270. The van der Waals surface area contributed by atoms with Crippen LogP contribution in [0.4, 0.5) is 0 Å². The fourth-order valence-corrected chi connectivity index (χ4v) is 1.76. The maximum atomic E-state index is 5.52. The van der Waals surface area contributed by atoms with Crippen LogP contribution in [-0.4, -0.2) is 43.9 Å². The van der Waals surface area contributed by atoms with E-state index in [4.69, 9.17) is 9.47 Å². The van der Waals surface area contributed by atoms with Gasteiger partial charge >= 0.3 is 0 Å². The Bertz CT molecular complexity index is 438. The van der Waals surface area contributed by atoms with Crippen molar-refractivity contribution in [3.05, 3.63) is 23.9 Å². The smallest absolute Gasteiger partial charge is 0.213 e. The molecule has 0 atom stereocenters. The second kappa shape index (κ2) is 13.4. The second-order valence-corrected chi connectivity index (χ2v) is 5.07. The summed E-state index contributed by atoms with van der Waals surface area (Å²) < 4.78 is 10.8. The zero-order valence-electron chi connectivity index (χ0n) is 14.5. The molecule has 1 rings (SSSR count). The van der Waals surface area contributed by atoms with Crippen molar-refractivity contribution >= 4 is 29.9 Å². The number of nitrogens with one attached hydrogen (secondary N) is 2. The van der Waals surface area contributed by atoms with E-state index in [0.29, 0.717) is 12.4 Å². The minimum atomic E-state index is 0. The highest BCUT2D eigenvalue weighted by Gasteiger charge is 2.01. The first kappa shape index (κ1) is 21.9. The minimum absolute atomic E-state index is 0. The van der Waals surface area contributed by atoms with E-state index < -0.39 is 0 Å². The molecule has 1 heterocycles.